The van der Waals surface area contributed by atoms with E-state index in [1.807, 2.05) is 6.07 Å². The lowest BCUT2D eigenvalue weighted by molar-refractivity contribution is 0.475. The van der Waals surface area contributed by atoms with Crippen molar-refractivity contribution in [3.8, 4) is 11.5 Å². The van der Waals surface area contributed by atoms with Gasteiger partial charge in [-0.1, -0.05) is 64.6 Å². The lowest BCUT2D eigenvalue weighted by Crippen LogP contribution is -1.75. The van der Waals surface area contributed by atoms with Gasteiger partial charge < -0.3 is 10.2 Å². The summed E-state index contributed by atoms with van der Waals surface area (Å²) in [5.74, 6) is 0.147. The molecule has 0 saturated heterocycles. The quantitative estimate of drug-likeness (QED) is 0.503. The number of hydrogen-bond donors (Lipinski definition) is 2. The highest BCUT2D eigenvalue weighted by Gasteiger charge is 2.11. The molecular formula is C12H8Cl4O2. The van der Waals surface area contributed by atoms with Crippen molar-refractivity contribution in [2.45, 2.75) is 0 Å². The van der Waals surface area contributed by atoms with Crippen molar-refractivity contribution in [1.29, 1.82) is 0 Å². The number of halogens is 4. The van der Waals surface area contributed by atoms with E-state index in [1.54, 1.807) is 24.3 Å². The van der Waals surface area contributed by atoms with Gasteiger partial charge in [0.2, 0.25) is 0 Å². The summed E-state index contributed by atoms with van der Waals surface area (Å²) in [5, 5.41) is 18.1. The van der Waals surface area contributed by atoms with Crippen LogP contribution in [0.15, 0.2) is 36.4 Å². The van der Waals surface area contributed by atoms with Gasteiger partial charge in [0.05, 0.1) is 15.1 Å². The van der Waals surface area contributed by atoms with Crippen LogP contribution in [0.4, 0.5) is 0 Å². The van der Waals surface area contributed by atoms with E-state index in [4.69, 9.17) is 56.6 Å². The van der Waals surface area contributed by atoms with Crippen molar-refractivity contribution in [3.05, 3.63) is 56.5 Å². The maximum atomic E-state index is 9.05. The first kappa shape index (κ1) is 15.3. The van der Waals surface area contributed by atoms with E-state index in [2.05, 4.69) is 0 Å². The molecule has 2 rings (SSSR count). The summed E-state index contributed by atoms with van der Waals surface area (Å²) in [7, 11) is 0. The molecule has 2 aromatic rings. The summed E-state index contributed by atoms with van der Waals surface area (Å²) < 4.78 is 0. The average molecular weight is 326 g/mol. The summed E-state index contributed by atoms with van der Waals surface area (Å²) in [6.45, 7) is 0. The van der Waals surface area contributed by atoms with E-state index in [0.29, 0.717) is 5.75 Å². The van der Waals surface area contributed by atoms with Crippen molar-refractivity contribution in [3.63, 3.8) is 0 Å². The fraction of sp³-hybridized carbons (Fsp3) is 0. The summed E-state index contributed by atoms with van der Waals surface area (Å²) in [6.07, 6.45) is 0. The highest BCUT2D eigenvalue weighted by atomic mass is 35.5. The van der Waals surface area contributed by atoms with E-state index in [0.717, 1.165) is 0 Å². The van der Waals surface area contributed by atoms with Crippen LogP contribution >= 0.6 is 46.4 Å². The highest BCUT2D eigenvalue weighted by molar-refractivity contribution is 6.52. The first-order chi connectivity index (χ1) is 8.43. The third-order valence-corrected chi connectivity index (χ3v) is 3.58. The molecule has 0 fully saturated rings. The fourth-order valence-electron chi connectivity index (χ4n) is 0.988. The number of hydrogen-bond acceptors (Lipinski definition) is 2. The predicted molar refractivity (Wildman–Crippen MR) is 76.3 cm³/mol. The largest absolute Gasteiger partial charge is 0.508 e. The van der Waals surface area contributed by atoms with E-state index >= 15 is 0 Å². The Hall–Kier alpha value is -0.800. The first-order valence-corrected chi connectivity index (χ1v) is 6.20. The second-order valence-electron chi connectivity index (χ2n) is 3.16. The zero-order chi connectivity index (χ0) is 13.7. The topological polar surface area (TPSA) is 40.5 Å². The van der Waals surface area contributed by atoms with Crippen LogP contribution in [0.1, 0.15) is 0 Å². The Morgan fingerprint density at radius 2 is 1.28 bits per heavy atom. The molecule has 0 spiro atoms. The van der Waals surface area contributed by atoms with Crippen LogP contribution in [-0.4, -0.2) is 10.2 Å². The van der Waals surface area contributed by atoms with Gasteiger partial charge >= 0.3 is 0 Å². The van der Waals surface area contributed by atoms with Crippen LogP contribution in [0.2, 0.25) is 20.1 Å². The molecule has 0 aromatic heterocycles. The fourth-order valence-corrected chi connectivity index (χ4v) is 1.78. The Morgan fingerprint density at radius 3 is 1.72 bits per heavy atom. The van der Waals surface area contributed by atoms with Gasteiger partial charge in [0, 0.05) is 6.07 Å². The zero-order valence-electron chi connectivity index (χ0n) is 8.87. The van der Waals surface area contributed by atoms with Crippen molar-refractivity contribution >= 4 is 46.4 Å². The third-order valence-electron chi connectivity index (χ3n) is 1.84. The minimum atomic E-state index is -0.175. The molecule has 6 heteroatoms. The normalized spacial score (nSPS) is 9.56. The monoisotopic (exact) mass is 324 g/mol. The predicted octanol–water partition coefficient (Wildman–Crippen LogP) is 5.40. The van der Waals surface area contributed by atoms with E-state index in [-0.39, 0.29) is 25.8 Å². The molecular weight excluding hydrogens is 318 g/mol. The number of phenols is 2. The van der Waals surface area contributed by atoms with Gasteiger partial charge in [-0.3, -0.25) is 0 Å². The van der Waals surface area contributed by atoms with Crippen LogP contribution in [0.3, 0.4) is 0 Å². The summed E-state index contributed by atoms with van der Waals surface area (Å²) in [4.78, 5) is 0. The van der Waals surface area contributed by atoms with E-state index < -0.39 is 0 Å². The smallest absolute Gasteiger partial charge is 0.137 e. The summed E-state index contributed by atoms with van der Waals surface area (Å²) >= 11 is 22.3. The molecule has 0 amide bonds. The van der Waals surface area contributed by atoms with Gasteiger partial charge in [-0.25, -0.2) is 0 Å². The Bertz CT molecular complexity index is 503. The number of phenolic OH excluding ortho intramolecular Hbond substituents is 2. The minimum Gasteiger partial charge on any atom is -0.508 e. The molecule has 18 heavy (non-hydrogen) atoms. The molecule has 0 saturated carbocycles. The Kier molecular flexibility index (Phi) is 5.89. The van der Waals surface area contributed by atoms with Crippen LogP contribution in [0.25, 0.3) is 0 Å². The minimum absolute atomic E-state index is 0.0149. The van der Waals surface area contributed by atoms with Gasteiger partial charge in [0.25, 0.3) is 0 Å². The molecule has 0 aliphatic carbocycles. The van der Waals surface area contributed by atoms with Crippen LogP contribution in [0, 0.1) is 0 Å². The van der Waals surface area contributed by atoms with Crippen LogP contribution in [-0.2, 0) is 0 Å². The maximum Gasteiger partial charge on any atom is 0.137 e. The van der Waals surface area contributed by atoms with Gasteiger partial charge in [-0.2, -0.15) is 0 Å². The van der Waals surface area contributed by atoms with Gasteiger partial charge in [0.15, 0.2) is 0 Å². The summed E-state index contributed by atoms with van der Waals surface area (Å²) in [6, 6.07) is 9.95. The number of aromatic hydroxyl groups is 2. The Morgan fingerprint density at radius 1 is 0.722 bits per heavy atom. The molecule has 96 valence electrons. The van der Waals surface area contributed by atoms with E-state index in [1.165, 1.54) is 6.07 Å². The molecule has 0 radical (unpaired) electrons. The van der Waals surface area contributed by atoms with Crippen LogP contribution in [0.5, 0.6) is 11.5 Å². The highest BCUT2D eigenvalue weighted by Crippen LogP contribution is 2.41. The molecule has 0 bridgehead atoms. The molecule has 0 aliphatic heterocycles. The second kappa shape index (κ2) is 6.95. The Labute approximate surface area is 124 Å². The Balaban J connectivity index is 0.000000199. The van der Waals surface area contributed by atoms with E-state index in [9.17, 15) is 0 Å². The molecule has 2 aromatic carbocycles. The standard InChI is InChI=1S/C6H2Cl4O.C6H6O/c7-2-1-3(11)5(9)6(10)4(2)8;7-6-4-2-1-3-5-6/h1,11H;1-5,7H. The van der Waals surface area contributed by atoms with Gasteiger partial charge in [-0.15, -0.1) is 0 Å². The van der Waals surface area contributed by atoms with Crippen LogP contribution < -0.4 is 0 Å². The molecule has 0 unspecified atom stereocenters. The van der Waals surface area contributed by atoms with Gasteiger partial charge in [0.1, 0.15) is 16.5 Å². The zero-order valence-corrected chi connectivity index (χ0v) is 11.9. The lowest BCUT2D eigenvalue weighted by Gasteiger charge is -2.02. The third kappa shape index (κ3) is 4.14. The molecule has 2 nitrogen and oxygen atoms in total. The second-order valence-corrected chi connectivity index (χ2v) is 4.70. The first-order valence-electron chi connectivity index (χ1n) is 4.69. The van der Waals surface area contributed by atoms with Gasteiger partial charge in [-0.05, 0) is 12.1 Å². The number of para-hydroxylation sites is 1. The SMILES string of the molecule is Oc1cc(Cl)c(Cl)c(Cl)c1Cl.Oc1ccccc1. The molecule has 2 N–H and O–H groups in total. The molecule has 0 aliphatic rings. The molecule has 0 heterocycles. The molecule has 0 atom stereocenters. The number of rotatable bonds is 0. The van der Waals surface area contributed by atoms with Crippen molar-refractivity contribution in [2.75, 3.05) is 0 Å². The average Bonchev–Trinajstić information content (AvgIpc) is 2.36. The summed E-state index contributed by atoms with van der Waals surface area (Å²) in [5.41, 5.74) is 0. The van der Waals surface area contributed by atoms with Crippen molar-refractivity contribution < 1.29 is 10.2 Å². The lowest BCUT2D eigenvalue weighted by atomic mass is 10.3. The van der Waals surface area contributed by atoms with Crippen molar-refractivity contribution in [1.82, 2.24) is 0 Å². The maximum absolute atomic E-state index is 9.05. The number of benzene rings is 2. The van der Waals surface area contributed by atoms with Crippen molar-refractivity contribution in [2.24, 2.45) is 0 Å².